The van der Waals surface area contributed by atoms with E-state index in [1.54, 1.807) is 11.3 Å². The Morgan fingerprint density at radius 2 is 2.17 bits per heavy atom. The number of rotatable bonds is 4. The van der Waals surface area contributed by atoms with Crippen LogP contribution in [0.1, 0.15) is 37.3 Å². The molecular weight excluding hydrogens is 244 g/mol. The first-order valence-electron chi connectivity index (χ1n) is 6.68. The number of thiophene rings is 1. The number of carbonyl (C=O) groups is 1. The molecule has 0 aliphatic carbocycles. The minimum absolute atomic E-state index is 0.144. The van der Waals surface area contributed by atoms with E-state index in [0.29, 0.717) is 6.54 Å². The van der Waals surface area contributed by atoms with E-state index in [4.69, 9.17) is 0 Å². The minimum atomic E-state index is -0.144. The summed E-state index contributed by atoms with van der Waals surface area (Å²) in [7, 11) is 0. The molecular formula is C14H22N2OS. The van der Waals surface area contributed by atoms with Gasteiger partial charge in [0, 0.05) is 6.54 Å². The lowest BCUT2D eigenvalue weighted by Gasteiger charge is -2.35. The van der Waals surface area contributed by atoms with Gasteiger partial charge in [0.15, 0.2) is 0 Å². The van der Waals surface area contributed by atoms with Gasteiger partial charge < -0.3 is 10.6 Å². The highest BCUT2D eigenvalue weighted by molar-refractivity contribution is 7.08. The van der Waals surface area contributed by atoms with Crippen molar-refractivity contribution >= 4 is 17.2 Å². The van der Waals surface area contributed by atoms with Crippen LogP contribution in [0.4, 0.5) is 0 Å². The van der Waals surface area contributed by atoms with Crippen LogP contribution in [0.2, 0.25) is 0 Å². The molecule has 0 spiro atoms. The molecule has 1 aliphatic heterocycles. The SMILES string of the molecule is CCC1(C(=O)NCc2cscc2C)CCNCC1. The summed E-state index contributed by atoms with van der Waals surface area (Å²) < 4.78 is 0. The highest BCUT2D eigenvalue weighted by Crippen LogP contribution is 2.32. The second kappa shape index (κ2) is 5.85. The zero-order valence-corrected chi connectivity index (χ0v) is 12.0. The molecule has 1 amide bonds. The van der Waals surface area contributed by atoms with Crippen LogP contribution in [0, 0.1) is 12.3 Å². The van der Waals surface area contributed by atoms with E-state index < -0.39 is 0 Å². The fourth-order valence-corrected chi connectivity index (χ4v) is 3.43. The number of hydrogen-bond donors (Lipinski definition) is 2. The van der Waals surface area contributed by atoms with E-state index >= 15 is 0 Å². The molecule has 100 valence electrons. The second-order valence-corrected chi connectivity index (χ2v) is 5.89. The first kappa shape index (κ1) is 13.6. The zero-order chi connectivity index (χ0) is 13.0. The molecule has 1 aliphatic rings. The number of aryl methyl sites for hydroxylation is 1. The molecule has 18 heavy (non-hydrogen) atoms. The van der Waals surface area contributed by atoms with Crippen LogP contribution in [0.5, 0.6) is 0 Å². The van der Waals surface area contributed by atoms with Crippen molar-refractivity contribution in [3.05, 3.63) is 21.9 Å². The van der Waals surface area contributed by atoms with Gasteiger partial charge in [-0.2, -0.15) is 11.3 Å². The number of hydrogen-bond acceptors (Lipinski definition) is 3. The van der Waals surface area contributed by atoms with Crippen molar-refractivity contribution in [3.63, 3.8) is 0 Å². The van der Waals surface area contributed by atoms with Crippen LogP contribution in [0.15, 0.2) is 10.8 Å². The fourth-order valence-electron chi connectivity index (χ4n) is 2.58. The molecule has 0 atom stereocenters. The Balaban J connectivity index is 1.96. The van der Waals surface area contributed by atoms with Crippen LogP contribution < -0.4 is 10.6 Å². The predicted octanol–water partition coefficient (Wildman–Crippen LogP) is 2.45. The summed E-state index contributed by atoms with van der Waals surface area (Å²) in [4.78, 5) is 12.4. The first-order valence-corrected chi connectivity index (χ1v) is 7.63. The maximum absolute atomic E-state index is 12.4. The third-order valence-electron chi connectivity index (χ3n) is 4.12. The van der Waals surface area contributed by atoms with Crippen LogP contribution in [0.3, 0.4) is 0 Å². The largest absolute Gasteiger partial charge is 0.352 e. The Morgan fingerprint density at radius 3 is 2.72 bits per heavy atom. The van der Waals surface area contributed by atoms with Gasteiger partial charge >= 0.3 is 0 Å². The molecule has 1 aromatic rings. The molecule has 4 heteroatoms. The summed E-state index contributed by atoms with van der Waals surface area (Å²) in [5.41, 5.74) is 2.37. The van der Waals surface area contributed by atoms with E-state index in [-0.39, 0.29) is 11.3 Å². The molecule has 2 N–H and O–H groups in total. The summed E-state index contributed by atoms with van der Waals surface area (Å²) in [5.74, 6) is 0.233. The number of carbonyl (C=O) groups excluding carboxylic acids is 1. The molecule has 1 fully saturated rings. The Morgan fingerprint density at radius 1 is 1.44 bits per heavy atom. The molecule has 1 saturated heterocycles. The average Bonchev–Trinajstić information content (AvgIpc) is 2.82. The van der Waals surface area contributed by atoms with Crippen LogP contribution in [0.25, 0.3) is 0 Å². The van der Waals surface area contributed by atoms with Gasteiger partial charge in [0.25, 0.3) is 0 Å². The summed E-state index contributed by atoms with van der Waals surface area (Å²) in [6.07, 6.45) is 2.85. The summed E-state index contributed by atoms with van der Waals surface area (Å²) in [6.45, 7) is 6.81. The topological polar surface area (TPSA) is 41.1 Å². The van der Waals surface area contributed by atoms with E-state index in [2.05, 4.69) is 35.2 Å². The Kier molecular flexibility index (Phi) is 4.40. The maximum Gasteiger partial charge on any atom is 0.226 e. The zero-order valence-electron chi connectivity index (χ0n) is 11.2. The van der Waals surface area contributed by atoms with Gasteiger partial charge in [-0.25, -0.2) is 0 Å². The Labute approximate surface area is 113 Å². The van der Waals surface area contributed by atoms with Gasteiger partial charge in [-0.1, -0.05) is 6.92 Å². The molecule has 0 bridgehead atoms. The van der Waals surface area contributed by atoms with Gasteiger partial charge in [0.05, 0.1) is 5.41 Å². The predicted molar refractivity (Wildman–Crippen MR) is 75.7 cm³/mol. The smallest absolute Gasteiger partial charge is 0.226 e. The van der Waals surface area contributed by atoms with E-state index in [0.717, 1.165) is 32.4 Å². The normalized spacial score (nSPS) is 18.6. The Bertz CT molecular complexity index is 408. The second-order valence-electron chi connectivity index (χ2n) is 5.15. The van der Waals surface area contributed by atoms with Gasteiger partial charge in [-0.15, -0.1) is 0 Å². The molecule has 0 radical (unpaired) electrons. The summed E-state index contributed by atoms with van der Waals surface area (Å²) >= 11 is 1.70. The molecule has 3 nitrogen and oxygen atoms in total. The van der Waals surface area contributed by atoms with Crippen molar-refractivity contribution in [1.82, 2.24) is 10.6 Å². The van der Waals surface area contributed by atoms with Crippen molar-refractivity contribution in [1.29, 1.82) is 0 Å². The average molecular weight is 266 g/mol. The molecule has 2 heterocycles. The van der Waals surface area contributed by atoms with E-state index in [9.17, 15) is 4.79 Å². The van der Waals surface area contributed by atoms with Gasteiger partial charge in [0.1, 0.15) is 0 Å². The molecule has 1 aromatic heterocycles. The third kappa shape index (κ3) is 2.75. The van der Waals surface area contributed by atoms with E-state index in [1.165, 1.54) is 11.1 Å². The Hall–Kier alpha value is -0.870. The standard InChI is InChI=1S/C14H22N2OS/c1-3-14(4-6-15-7-5-14)13(17)16-8-12-10-18-9-11(12)2/h9-10,15H,3-8H2,1-2H3,(H,16,17). The fraction of sp³-hybridized carbons (Fsp3) is 0.643. The van der Waals surface area contributed by atoms with Gasteiger partial charge in [-0.05, 0) is 61.2 Å². The van der Waals surface area contributed by atoms with Crippen LogP contribution >= 0.6 is 11.3 Å². The number of amides is 1. The number of nitrogens with one attached hydrogen (secondary N) is 2. The molecule has 2 rings (SSSR count). The third-order valence-corrected chi connectivity index (χ3v) is 5.03. The van der Waals surface area contributed by atoms with Crippen LogP contribution in [-0.2, 0) is 11.3 Å². The highest BCUT2D eigenvalue weighted by Gasteiger charge is 2.37. The molecule has 0 unspecified atom stereocenters. The van der Waals surface area contributed by atoms with Crippen molar-refractivity contribution < 1.29 is 4.79 Å². The van der Waals surface area contributed by atoms with Crippen molar-refractivity contribution in [2.75, 3.05) is 13.1 Å². The lowest BCUT2D eigenvalue weighted by atomic mass is 9.76. The lowest BCUT2D eigenvalue weighted by molar-refractivity contribution is -0.133. The van der Waals surface area contributed by atoms with E-state index in [1.807, 2.05) is 0 Å². The van der Waals surface area contributed by atoms with Crippen LogP contribution in [-0.4, -0.2) is 19.0 Å². The molecule has 0 aromatic carbocycles. The lowest BCUT2D eigenvalue weighted by Crippen LogP contribution is -2.47. The minimum Gasteiger partial charge on any atom is -0.352 e. The first-order chi connectivity index (χ1) is 8.68. The van der Waals surface area contributed by atoms with Crippen molar-refractivity contribution in [3.8, 4) is 0 Å². The van der Waals surface area contributed by atoms with Crippen molar-refractivity contribution in [2.45, 2.75) is 39.7 Å². The highest BCUT2D eigenvalue weighted by atomic mass is 32.1. The van der Waals surface area contributed by atoms with Gasteiger partial charge in [0.2, 0.25) is 5.91 Å². The monoisotopic (exact) mass is 266 g/mol. The molecule has 0 saturated carbocycles. The maximum atomic E-state index is 12.4. The quantitative estimate of drug-likeness (QED) is 0.879. The van der Waals surface area contributed by atoms with Crippen molar-refractivity contribution in [2.24, 2.45) is 5.41 Å². The number of piperidine rings is 1. The van der Waals surface area contributed by atoms with Gasteiger partial charge in [-0.3, -0.25) is 4.79 Å². The summed E-state index contributed by atoms with van der Waals surface area (Å²) in [5, 5.41) is 10.7. The summed E-state index contributed by atoms with van der Waals surface area (Å²) in [6, 6.07) is 0.